The lowest BCUT2D eigenvalue weighted by molar-refractivity contribution is -0.252. The third kappa shape index (κ3) is 4.26. The van der Waals surface area contributed by atoms with E-state index in [0.29, 0.717) is 0 Å². The Morgan fingerprint density at radius 2 is 1.74 bits per heavy atom. The summed E-state index contributed by atoms with van der Waals surface area (Å²) in [6, 6.07) is 0. The number of methoxy groups -OCH3 is 1. The normalized spacial score (nSPS) is 34.7. The lowest BCUT2D eigenvalue weighted by Crippen LogP contribution is -2.59. The van der Waals surface area contributed by atoms with Crippen LogP contribution in [0.5, 0.6) is 0 Å². The van der Waals surface area contributed by atoms with E-state index in [4.69, 9.17) is 18.9 Å². The van der Waals surface area contributed by atoms with Gasteiger partial charge in [0.1, 0.15) is 10.0 Å². The number of carbonyl (C=O) groups is 2. The third-order valence-electron chi connectivity index (χ3n) is 2.59. The van der Waals surface area contributed by atoms with E-state index in [0.717, 1.165) is 0 Å². The van der Waals surface area contributed by atoms with Crippen molar-refractivity contribution in [3.8, 4) is 0 Å². The van der Waals surface area contributed by atoms with Gasteiger partial charge in [-0.25, -0.2) is 0 Å². The second-order valence-corrected chi connectivity index (χ2v) is 5.49. The lowest BCUT2D eigenvalue weighted by atomic mass is 10.0. The van der Waals surface area contributed by atoms with Gasteiger partial charge in [-0.15, -0.1) is 0 Å². The largest absolute Gasteiger partial charge is 0.457 e. The first-order chi connectivity index (χ1) is 8.90. The van der Waals surface area contributed by atoms with E-state index in [-0.39, 0.29) is 10.5 Å². The first-order valence-corrected chi connectivity index (χ1v) is 6.92. The Balaban J connectivity index is 2.96. The molecule has 0 bridgehead atoms. The highest BCUT2D eigenvalue weighted by Crippen LogP contribution is 2.31. The van der Waals surface area contributed by atoms with Gasteiger partial charge in [0.05, 0.1) is 6.61 Å². The first-order valence-electron chi connectivity index (χ1n) is 5.68. The highest BCUT2D eigenvalue weighted by atomic mass is 127. The van der Waals surface area contributed by atoms with E-state index in [1.807, 2.05) is 22.6 Å². The Morgan fingerprint density at radius 1 is 1.21 bits per heavy atom. The Hall–Kier alpha value is -0.450. The number of ether oxygens (including phenoxy) is 4. The highest BCUT2D eigenvalue weighted by Gasteiger charge is 2.48. The first kappa shape index (κ1) is 16.6. The number of alkyl halides is 1. The monoisotopic (exact) mass is 388 g/mol. The molecule has 1 saturated heterocycles. The molecule has 1 unspecified atom stereocenters. The van der Waals surface area contributed by atoms with Gasteiger partial charge in [0, 0.05) is 21.0 Å². The molecule has 0 amide bonds. The molecule has 1 N–H and O–H groups in total. The van der Waals surface area contributed by atoms with Gasteiger partial charge in [0.15, 0.2) is 18.5 Å². The van der Waals surface area contributed by atoms with Crippen LogP contribution in [0.4, 0.5) is 0 Å². The number of halogens is 1. The molecule has 1 aliphatic heterocycles. The average molecular weight is 388 g/mol. The van der Waals surface area contributed by atoms with E-state index in [9.17, 15) is 14.7 Å². The fourth-order valence-electron chi connectivity index (χ4n) is 1.86. The van der Waals surface area contributed by atoms with Crippen LogP contribution in [0.2, 0.25) is 0 Å². The van der Waals surface area contributed by atoms with Crippen molar-refractivity contribution in [2.24, 2.45) is 0 Å². The minimum absolute atomic E-state index is 0.362. The average Bonchev–Trinajstić information content (AvgIpc) is 2.33. The lowest BCUT2D eigenvalue weighted by Gasteiger charge is -2.42. The molecule has 0 aliphatic carbocycles. The molecule has 0 radical (unpaired) electrons. The zero-order valence-corrected chi connectivity index (χ0v) is 13.0. The van der Waals surface area contributed by atoms with Gasteiger partial charge in [0.2, 0.25) is 0 Å². The van der Waals surface area contributed by atoms with Gasteiger partial charge >= 0.3 is 11.9 Å². The molecule has 0 aromatic rings. The summed E-state index contributed by atoms with van der Waals surface area (Å²) in [5, 5.41) is 9.31. The summed E-state index contributed by atoms with van der Waals surface area (Å²) in [5.74, 6) is -1.04. The molecule has 5 atom stereocenters. The van der Waals surface area contributed by atoms with Crippen LogP contribution in [0.15, 0.2) is 0 Å². The van der Waals surface area contributed by atoms with E-state index < -0.39 is 36.5 Å². The number of esters is 2. The Bertz CT molecular complexity index is 335. The summed E-state index contributed by atoms with van der Waals surface area (Å²) in [7, 11) is 1.45. The molecule has 8 heteroatoms. The molecule has 1 rings (SSSR count). The molecule has 1 heterocycles. The molecule has 1 fully saturated rings. The maximum Gasteiger partial charge on any atom is 0.303 e. The molecule has 19 heavy (non-hydrogen) atoms. The maximum atomic E-state index is 11.2. The van der Waals surface area contributed by atoms with Crippen molar-refractivity contribution in [3.05, 3.63) is 0 Å². The summed E-state index contributed by atoms with van der Waals surface area (Å²) in [6.45, 7) is 2.13. The topological polar surface area (TPSA) is 91.3 Å². The Labute approximate surface area is 124 Å². The van der Waals surface area contributed by atoms with Crippen molar-refractivity contribution >= 4 is 34.5 Å². The van der Waals surface area contributed by atoms with Crippen LogP contribution < -0.4 is 0 Å². The van der Waals surface area contributed by atoms with Gasteiger partial charge in [-0.1, -0.05) is 22.6 Å². The minimum Gasteiger partial charge on any atom is -0.457 e. The second kappa shape index (κ2) is 7.36. The second-order valence-electron chi connectivity index (χ2n) is 4.05. The van der Waals surface area contributed by atoms with Gasteiger partial charge in [-0.3, -0.25) is 9.59 Å². The van der Waals surface area contributed by atoms with Crippen molar-refractivity contribution in [1.82, 2.24) is 0 Å². The molecule has 0 spiro atoms. The third-order valence-corrected chi connectivity index (χ3v) is 3.89. The molecule has 1 aliphatic rings. The molecule has 110 valence electrons. The number of hydrogen-bond acceptors (Lipinski definition) is 7. The van der Waals surface area contributed by atoms with Gasteiger partial charge in [-0.05, 0) is 0 Å². The number of aliphatic hydroxyl groups is 1. The number of hydrogen-bond donors (Lipinski definition) is 1. The fourth-order valence-corrected chi connectivity index (χ4v) is 2.88. The van der Waals surface area contributed by atoms with Crippen molar-refractivity contribution in [2.45, 2.75) is 42.4 Å². The SMILES string of the molecule is CO[C@H]1O[C@@H](CO)[C@@H](OC(C)=O)[C@H](OC(C)=O)C1I. The van der Waals surface area contributed by atoms with Crippen LogP contribution in [0.3, 0.4) is 0 Å². The van der Waals surface area contributed by atoms with Crippen molar-refractivity contribution in [2.75, 3.05) is 13.7 Å². The molecule has 0 aromatic carbocycles. The van der Waals surface area contributed by atoms with Gasteiger partial charge in [-0.2, -0.15) is 0 Å². The smallest absolute Gasteiger partial charge is 0.303 e. The van der Waals surface area contributed by atoms with Gasteiger partial charge in [0.25, 0.3) is 0 Å². The van der Waals surface area contributed by atoms with Crippen LogP contribution in [0.25, 0.3) is 0 Å². The van der Waals surface area contributed by atoms with Crippen molar-refractivity contribution in [3.63, 3.8) is 0 Å². The highest BCUT2D eigenvalue weighted by molar-refractivity contribution is 14.1. The quantitative estimate of drug-likeness (QED) is 0.413. The molecule has 0 aromatic heterocycles. The zero-order valence-electron chi connectivity index (χ0n) is 10.9. The van der Waals surface area contributed by atoms with Crippen LogP contribution in [-0.4, -0.2) is 59.3 Å². The predicted octanol–water partition coefficient (Wildman–Crippen LogP) is 0.0170. The fraction of sp³-hybridized carbons (Fsp3) is 0.818. The summed E-state index contributed by atoms with van der Waals surface area (Å²) in [6.07, 6.45) is -3.06. The van der Waals surface area contributed by atoms with E-state index in [1.54, 1.807) is 0 Å². The van der Waals surface area contributed by atoms with Crippen LogP contribution in [0.1, 0.15) is 13.8 Å². The van der Waals surface area contributed by atoms with E-state index in [1.165, 1.54) is 21.0 Å². The minimum atomic E-state index is -0.861. The van der Waals surface area contributed by atoms with Gasteiger partial charge < -0.3 is 24.1 Å². The zero-order chi connectivity index (χ0) is 14.6. The summed E-state index contributed by atoms with van der Waals surface area (Å²) < 4.78 is 20.5. The molecule has 7 nitrogen and oxygen atoms in total. The van der Waals surface area contributed by atoms with Crippen LogP contribution in [0, 0.1) is 0 Å². The molecular weight excluding hydrogens is 371 g/mol. The van der Waals surface area contributed by atoms with Crippen LogP contribution >= 0.6 is 22.6 Å². The van der Waals surface area contributed by atoms with E-state index in [2.05, 4.69) is 0 Å². The number of aliphatic hydroxyl groups excluding tert-OH is 1. The summed E-state index contributed by atoms with van der Waals surface area (Å²) >= 11 is 2.00. The number of carbonyl (C=O) groups excluding carboxylic acids is 2. The Kier molecular flexibility index (Phi) is 6.43. The molecular formula is C11H17IO7. The standard InChI is InChI=1S/C11H17IO7/c1-5(14)17-9-7(4-13)19-11(16-3)8(12)10(9)18-6(2)15/h7-11,13H,4H2,1-3H3/t7-,8?,9+,10+,11-/m0/s1. The molecule has 0 saturated carbocycles. The number of rotatable bonds is 4. The van der Waals surface area contributed by atoms with Crippen molar-refractivity contribution < 1.29 is 33.6 Å². The summed E-state index contributed by atoms with van der Waals surface area (Å²) in [5.41, 5.74) is 0. The van der Waals surface area contributed by atoms with Crippen molar-refractivity contribution in [1.29, 1.82) is 0 Å². The maximum absolute atomic E-state index is 11.2. The predicted molar refractivity (Wildman–Crippen MR) is 71.7 cm³/mol. The Morgan fingerprint density at radius 3 is 2.16 bits per heavy atom. The van der Waals surface area contributed by atoms with Crippen LogP contribution in [-0.2, 0) is 28.5 Å². The van der Waals surface area contributed by atoms with E-state index >= 15 is 0 Å². The summed E-state index contributed by atoms with van der Waals surface area (Å²) in [4.78, 5) is 22.3.